The van der Waals surface area contributed by atoms with E-state index < -0.39 is 6.04 Å². The standard InChI is InChI=1S/C27H25Cl2N3O4S/c1-35-21-9-5-19(6-10-21)30-25(33)16-24-26(34)32(20-7-11-22(36-2)12-8-20)27(37)31(24)14-13-17-3-4-18(28)15-23(17)29/h3-12,15,24H,13-14,16H2,1-2H3,(H,30,33)/t24-/m1/s1. The molecule has 0 saturated carbocycles. The summed E-state index contributed by atoms with van der Waals surface area (Å²) in [4.78, 5) is 29.8. The second kappa shape index (κ2) is 11.8. The molecule has 0 spiro atoms. The lowest BCUT2D eigenvalue weighted by molar-refractivity contribution is -0.124. The first kappa shape index (κ1) is 26.7. The number of amides is 2. The predicted octanol–water partition coefficient (Wildman–Crippen LogP) is 5.58. The zero-order valence-electron chi connectivity index (χ0n) is 20.2. The Labute approximate surface area is 230 Å². The minimum atomic E-state index is -0.779. The van der Waals surface area contributed by atoms with Crippen molar-refractivity contribution in [3.05, 3.63) is 82.3 Å². The molecular formula is C27H25Cl2N3O4S. The number of hydrogen-bond acceptors (Lipinski definition) is 5. The number of halogens is 2. The molecule has 37 heavy (non-hydrogen) atoms. The molecule has 3 aromatic rings. The summed E-state index contributed by atoms with van der Waals surface area (Å²) in [5, 5.41) is 4.24. The lowest BCUT2D eigenvalue weighted by Crippen LogP contribution is -2.39. The van der Waals surface area contributed by atoms with Crippen LogP contribution >= 0.6 is 35.4 Å². The number of anilines is 2. The van der Waals surface area contributed by atoms with Crippen molar-refractivity contribution in [2.75, 3.05) is 31.0 Å². The third-order valence-electron chi connectivity index (χ3n) is 6.04. The second-order valence-corrected chi connectivity index (χ2v) is 9.54. The molecule has 1 aliphatic heterocycles. The lowest BCUT2D eigenvalue weighted by Gasteiger charge is -2.24. The van der Waals surface area contributed by atoms with Crippen molar-refractivity contribution in [1.82, 2.24) is 4.90 Å². The highest BCUT2D eigenvalue weighted by molar-refractivity contribution is 7.80. The molecule has 4 rings (SSSR count). The highest BCUT2D eigenvalue weighted by atomic mass is 35.5. The summed E-state index contributed by atoms with van der Waals surface area (Å²) in [6.07, 6.45) is 0.433. The summed E-state index contributed by atoms with van der Waals surface area (Å²) in [5.74, 6) is 0.752. The van der Waals surface area contributed by atoms with Crippen LogP contribution in [0.4, 0.5) is 11.4 Å². The van der Waals surface area contributed by atoms with Crippen LogP contribution in [0.25, 0.3) is 0 Å². The average molecular weight is 558 g/mol. The first-order chi connectivity index (χ1) is 17.8. The molecule has 1 heterocycles. The van der Waals surface area contributed by atoms with Crippen LogP contribution in [-0.4, -0.2) is 48.6 Å². The summed E-state index contributed by atoms with van der Waals surface area (Å²) in [6.45, 7) is 0.388. The van der Waals surface area contributed by atoms with E-state index in [4.69, 9.17) is 44.9 Å². The van der Waals surface area contributed by atoms with Crippen molar-refractivity contribution in [2.45, 2.75) is 18.9 Å². The fourth-order valence-corrected chi connectivity index (χ4v) is 5.00. The fraction of sp³-hybridized carbons (Fsp3) is 0.222. The molecule has 1 fully saturated rings. The Bertz CT molecular complexity index is 1300. The van der Waals surface area contributed by atoms with Gasteiger partial charge in [0.1, 0.15) is 17.5 Å². The first-order valence-electron chi connectivity index (χ1n) is 11.5. The molecule has 0 radical (unpaired) electrons. The zero-order valence-corrected chi connectivity index (χ0v) is 22.6. The van der Waals surface area contributed by atoms with Crippen molar-refractivity contribution in [3.8, 4) is 11.5 Å². The molecule has 0 unspecified atom stereocenters. The molecule has 0 aliphatic carbocycles. The molecule has 1 aliphatic rings. The summed E-state index contributed by atoms with van der Waals surface area (Å²) in [5.41, 5.74) is 2.07. The highest BCUT2D eigenvalue weighted by Crippen LogP contribution is 2.30. The van der Waals surface area contributed by atoms with Crippen LogP contribution in [0.2, 0.25) is 10.0 Å². The van der Waals surface area contributed by atoms with Crippen LogP contribution in [-0.2, 0) is 16.0 Å². The van der Waals surface area contributed by atoms with E-state index in [2.05, 4.69) is 5.32 Å². The summed E-state index contributed by atoms with van der Waals surface area (Å²) >= 11 is 18.1. The van der Waals surface area contributed by atoms with Crippen LogP contribution in [0.15, 0.2) is 66.7 Å². The number of carbonyl (C=O) groups is 2. The Kier molecular flexibility index (Phi) is 8.53. The number of carbonyl (C=O) groups excluding carboxylic acids is 2. The molecule has 0 aromatic heterocycles. The smallest absolute Gasteiger partial charge is 0.256 e. The fourth-order valence-electron chi connectivity index (χ4n) is 4.08. The number of methoxy groups -OCH3 is 2. The Morgan fingerprint density at radius 3 is 2.19 bits per heavy atom. The van der Waals surface area contributed by atoms with Gasteiger partial charge in [0.25, 0.3) is 5.91 Å². The molecule has 192 valence electrons. The quantitative estimate of drug-likeness (QED) is 0.346. The van der Waals surface area contributed by atoms with Gasteiger partial charge in [-0.15, -0.1) is 0 Å². The van der Waals surface area contributed by atoms with Gasteiger partial charge in [-0.3, -0.25) is 14.5 Å². The van der Waals surface area contributed by atoms with Gasteiger partial charge in [0.2, 0.25) is 5.91 Å². The summed E-state index contributed by atoms with van der Waals surface area (Å²) < 4.78 is 10.4. The Balaban J connectivity index is 1.56. The van der Waals surface area contributed by atoms with Gasteiger partial charge >= 0.3 is 0 Å². The average Bonchev–Trinajstić information content (AvgIpc) is 3.12. The Hall–Kier alpha value is -3.33. The topological polar surface area (TPSA) is 71.1 Å². The van der Waals surface area contributed by atoms with Crippen LogP contribution in [0, 0.1) is 0 Å². The maximum Gasteiger partial charge on any atom is 0.256 e. The predicted molar refractivity (Wildman–Crippen MR) is 150 cm³/mol. The number of ether oxygens (including phenoxy) is 2. The number of hydrogen-bond donors (Lipinski definition) is 1. The van der Waals surface area contributed by atoms with E-state index >= 15 is 0 Å². The zero-order chi connectivity index (χ0) is 26.5. The molecular weight excluding hydrogens is 533 g/mol. The third-order valence-corrected chi connectivity index (χ3v) is 7.04. The van der Waals surface area contributed by atoms with E-state index in [1.807, 2.05) is 6.07 Å². The molecule has 1 N–H and O–H groups in total. The van der Waals surface area contributed by atoms with E-state index in [1.165, 1.54) is 4.90 Å². The van der Waals surface area contributed by atoms with Gasteiger partial charge in [0.05, 0.1) is 26.3 Å². The molecule has 0 bridgehead atoms. The minimum absolute atomic E-state index is 0.0774. The third kappa shape index (κ3) is 6.15. The Morgan fingerprint density at radius 1 is 0.973 bits per heavy atom. The number of benzene rings is 3. The lowest BCUT2D eigenvalue weighted by atomic mass is 10.1. The van der Waals surface area contributed by atoms with Gasteiger partial charge in [-0.05, 0) is 84.9 Å². The van der Waals surface area contributed by atoms with Crippen molar-refractivity contribution < 1.29 is 19.1 Å². The summed E-state index contributed by atoms with van der Waals surface area (Å²) in [7, 11) is 3.14. The number of nitrogens with zero attached hydrogens (tertiary/aromatic N) is 2. The molecule has 3 aromatic carbocycles. The monoisotopic (exact) mass is 557 g/mol. The normalized spacial score (nSPS) is 15.2. The van der Waals surface area contributed by atoms with E-state index in [-0.39, 0.29) is 18.2 Å². The molecule has 1 saturated heterocycles. The molecule has 7 nitrogen and oxygen atoms in total. The minimum Gasteiger partial charge on any atom is -0.497 e. The van der Waals surface area contributed by atoms with Crippen LogP contribution in [0.3, 0.4) is 0 Å². The second-order valence-electron chi connectivity index (χ2n) is 8.33. The van der Waals surface area contributed by atoms with Crippen molar-refractivity contribution in [1.29, 1.82) is 0 Å². The van der Waals surface area contributed by atoms with E-state index in [0.29, 0.717) is 51.0 Å². The number of thiocarbonyl (C=S) groups is 1. The van der Waals surface area contributed by atoms with Crippen molar-refractivity contribution >= 4 is 63.7 Å². The van der Waals surface area contributed by atoms with Gasteiger partial charge in [0.15, 0.2) is 5.11 Å². The molecule has 1 atom stereocenters. The van der Waals surface area contributed by atoms with Gasteiger partial charge < -0.3 is 19.7 Å². The Morgan fingerprint density at radius 2 is 1.59 bits per heavy atom. The molecule has 2 amide bonds. The SMILES string of the molecule is COc1ccc(NC(=O)C[C@@H]2C(=O)N(c3ccc(OC)cc3)C(=S)N2CCc2ccc(Cl)cc2Cl)cc1. The van der Waals surface area contributed by atoms with Crippen LogP contribution in [0.1, 0.15) is 12.0 Å². The van der Waals surface area contributed by atoms with Gasteiger partial charge in [0, 0.05) is 22.3 Å². The van der Waals surface area contributed by atoms with E-state index in [9.17, 15) is 9.59 Å². The number of nitrogens with one attached hydrogen (secondary N) is 1. The molecule has 10 heteroatoms. The van der Waals surface area contributed by atoms with Crippen LogP contribution < -0.4 is 19.7 Å². The van der Waals surface area contributed by atoms with E-state index in [1.54, 1.807) is 79.8 Å². The van der Waals surface area contributed by atoms with Gasteiger partial charge in [-0.25, -0.2) is 0 Å². The number of rotatable bonds is 9. The van der Waals surface area contributed by atoms with Crippen molar-refractivity contribution in [3.63, 3.8) is 0 Å². The maximum atomic E-state index is 13.6. The van der Waals surface area contributed by atoms with Crippen molar-refractivity contribution in [2.24, 2.45) is 0 Å². The van der Waals surface area contributed by atoms with E-state index in [0.717, 1.165) is 5.56 Å². The summed E-state index contributed by atoms with van der Waals surface area (Å²) in [6, 6.07) is 18.5. The van der Waals surface area contributed by atoms with Gasteiger partial charge in [-0.2, -0.15) is 0 Å². The first-order valence-corrected chi connectivity index (χ1v) is 12.6. The van der Waals surface area contributed by atoms with Crippen LogP contribution in [0.5, 0.6) is 11.5 Å². The highest BCUT2D eigenvalue weighted by Gasteiger charge is 2.44. The maximum absolute atomic E-state index is 13.6. The largest absolute Gasteiger partial charge is 0.497 e. The van der Waals surface area contributed by atoms with Gasteiger partial charge in [-0.1, -0.05) is 29.3 Å².